The molecule has 0 radical (unpaired) electrons. The zero-order chi connectivity index (χ0) is 11.8. The number of benzene rings is 1. The highest BCUT2D eigenvalue weighted by molar-refractivity contribution is 6.30. The molecule has 84 valence electrons. The van der Waals surface area contributed by atoms with Crippen LogP contribution < -0.4 is 5.32 Å². The van der Waals surface area contributed by atoms with Crippen molar-refractivity contribution in [2.24, 2.45) is 0 Å². The van der Waals surface area contributed by atoms with Gasteiger partial charge in [-0.15, -0.1) is 0 Å². The van der Waals surface area contributed by atoms with E-state index in [1.165, 1.54) is 0 Å². The number of hydrogen-bond donors (Lipinski definition) is 1. The first-order valence-electron chi connectivity index (χ1n) is 5.27. The number of amides is 1. The van der Waals surface area contributed by atoms with Crippen molar-refractivity contribution < 1.29 is 4.79 Å². The lowest BCUT2D eigenvalue weighted by atomic mass is 10.0. The third-order valence-corrected chi connectivity index (χ3v) is 3.09. The number of pyridine rings is 1. The van der Waals surface area contributed by atoms with E-state index in [9.17, 15) is 4.79 Å². The van der Waals surface area contributed by atoms with Gasteiger partial charge in [-0.05, 0) is 29.8 Å². The van der Waals surface area contributed by atoms with Crippen molar-refractivity contribution in [2.45, 2.75) is 6.04 Å². The van der Waals surface area contributed by atoms with Crippen LogP contribution in [0.15, 0.2) is 42.6 Å². The van der Waals surface area contributed by atoms with Crippen LogP contribution in [0, 0.1) is 0 Å². The molecule has 1 aliphatic rings. The minimum atomic E-state index is -0.170. The Kier molecular flexibility index (Phi) is 2.34. The molecular weight excluding hydrogens is 236 g/mol. The molecule has 4 heteroatoms. The first kappa shape index (κ1) is 10.3. The zero-order valence-corrected chi connectivity index (χ0v) is 9.61. The maximum absolute atomic E-state index is 11.7. The Hall–Kier alpha value is -1.87. The molecule has 2 aromatic rings. The standard InChI is InChI=1S/C13H9ClN2O/c14-9-5-3-8(4-6-9)11-12-10(13(17)16-11)2-1-7-15-12/h1-7,11H,(H,16,17). The highest BCUT2D eigenvalue weighted by atomic mass is 35.5. The normalized spacial score (nSPS) is 17.7. The van der Waals surface area contributed by atoms with Crippen LogP contribution in [-0.4, -0.2) is 10.9 Å². The van der Waals surface area contributed by atoms with Gasteiger partial charge in [-0.2, -0.15) is 0 Å². The van der Waals surface area contributed by atoms with Gasteiger partial charge >= 0.3 is 0 Å². The van der Waals surface area contributed by atoms with Crippen molar-refractivity contribution in [3.8, 4) is 0 Å². The predicted molar refractivity (Wildman–Crippen MR) is 65.0 cm³/mol. The van der Waals surface area contributed by atoms with Crippen LogP contribution in [-0.2, 0) is 0 Å². The predicted octanol–water partition coefficient (Wildman–Crippen LogP) is 2.57. The van der Waals surface area contributed by atoms with E-state index < -0.39 is 0 Å². The van der Waals surface area contributed by atoms with Crippen LogP contribution >= 0.6 is 11.6 Å². The lowest BCUT2D eigenvalue weighted by molar-refractivity contribution is 0.0960. The number of nitrogens with zero attached hydrogens (tertiary/aromatic N) is 1. The molecule has 17 heavy (non-hydrogen) atoms. The second-order valence-corrected chi connectivity index (χ2v) is 4.33. The van der Waals surface area contributed by atoms with Crippen LogP contribution in [0.2, 0.25) is 5.02 Å². The summed E-state index contributed by atoms with van der Waals surface area (Å²) in [7, 11) is 0. The molecule has 1 N–H and O–H groups in total. The van der Waals surface area contributed by atoms with Gasteiger partial charge in [-0.3, -0.25) is 9.78 Å². The Morgan fingerprint density at radius 2 is 1.94 bits per heavy atom. The van der Waals surface area contributed by atoms with Crippen molar-refractivity contribution >= 4 is 17.5 Å². The average molecular weight is 245 g/mol. The Bertz CT molecular complexity index is 580. The first-order chi connectivity index (χ1) is 8.25. The maximum atomic E-state index is 11.7. The Labute approximate surface area is 103 Å². The Morgan fingerprint density at radius 1 is 1.18 bits per heavy atom. The molecule has 0 saturated carbocycles. The largest absolute Gasteiger partial charge is 0.339 e. The molecule has 1 aromatic carbocycles. The number of nitrogens with one attached hydrogen (secondary N) is 1. The number of rotatable bonds is 1. The fraction of sp³-hybridized carbons (Fsp3) is 0.0769. The topological polar surface area (TPSA) is 42.0 Å². The molecular formula is C13H9ClN2O. The molecule has 3 rings (SSSR count). The lowest BCUT2D eigenvalue weighted by Crippen LogP contribution is -2.19. The number of halogens is 1. The summed E-state index contributed by atoms with van der Waals surface area (Å²) in [6.45, 7) is 0. The van der Waals surface area contributed by atoms with Gasteiger partial charge in [0.2, 0.25) is 0 Å². The molecule has 1 amide bonds. The Morgan fingerprint density at radius 3 is 2.71 bits per heavy atom. The molecule has 1 aliphatic heterocycles. The van der Waals surface area contributed by atoms with Crippen LogP contribution in [0.25, 0.3) is 0 Å². The summed E-state index contributed by atoms with van der Waals surface area (Å²) in [5.74, 6) is -0.0759. The van der Waals surface area contributed by atoms with Gasteiger partial charge < -0.3 is 5.32 Å². The summed E-state index contributed by atoms with van der Waals surface area (Å²) in [5, 5.41) is 3.59. The molecule has 0 bridgehead atoms. The van der Waals surface area contributed by atoms with E-state index in [1.54, 1.807) is 18.3 Å². The smallest absolute Gasteiger partial charge is 0.254 e. The third-order valence-electron chi connectivity index (χ3n) is 2.84. The molecule has 1 aromatic heterocycles. The number of hydrogen-bond acceptors (Lipinski definition) is 2. The maximum Gasteiger partial charge on any atom is 0.254 e. The molecule has 1 unspecified atom stereocenters. The van der Waals surface area contributed by atoms with Crippen LogP contribution in [0.3, 0.4) is 0 Å². The van der Waals surface area contributed by atoms with E-state index in [4.69, 9.17) is 11.6 Å². The second-order valence-electron chi connectivity index (χ2n) is 3.89. The summed E-state index contributed by atoms with van der Waals surface area (Å²) in [4.78, 5) is 16.0. The van der Waals surface area contributed by atoms with Gasteiger partial charge in [-0.25, -0.2) is 0 Å². The first-order valence-corrected chi connectivity index (χ1v) is 5.65. The van der Waals surface area contributed by atoms with Crippen molar-refractivity contribution in [1.29, 1.82) is 0 Å². The Balaban J connectivity index is 2.07. The number of carbonyl (C=O) groups excluding carboxylic acids is 1. The molecule has 0 fully saturated rings. The fourth-order valence-electron chi connectivity index (χ4n) is 2.01. The molecule has 0 saturated heterocycles. The van der Waals surface area contributed by atoms with Crippen molar-refractivity contribution in [2.75, 3.05) is 0 Å². The minimum absolute atomic E-state index is 0.0759. The summed E-state index contributed by atoms with van der Waals surface area (Å²) < 4.78 is 0. The molecule has 1 atom stereocenters. The van der Waals surface area contributed by atoms with Gasteiger partial charge in [0, 0.05) is 11.2 Å². The highest BCUT2D eigenvalue weighted by Gasteiger charge is 2.30. The van der Waals surface area contributed by atoms with E-state index in [1.807, 2.05) is 24.3 Å². The van der Waals surface area contributed by atoms with Gasteiger partial charge in [0.25, 0.3) is 5.91 Å². The minimum Gasteiger partial charge on any atom is -0.339 e. The van der Waals surface area contributed by atoms with Gasteiger partial charge in [0.05, 0.1) is 17.3 Å². The van der Waals surface area contributed by atoms with E-state index in [0.29, 0.717) is 10.6 Å². The van der Waals surface area contributed by atoms with Crippen LogP contribution in [0.4, 0.5) is 0 Å². The average Bonchev–Trinajstić information content (AvgIpc) is 2.69. The van der Waals surface area contributed by atoms with Crippen LogP contribution in [0.5, 0.6) is 0 Å². The number of carbonyl (C=O) groups is 1. The van der Waals surface area contributed by atoms with E-state index in [2.05, 4.69) is 10.3 Å². The highest BCUT2D eigenvalue weighted by Crippen LogP contribution is 2.29. The van der Waals surface area contributed by atoms with E-state index in [0.717, 1.165) is 11.3 Å². The summed E-state index contributed by atoms with van der Waals surface area (Å²) >= 11 is 5.84. The monoisotopic (exact) mass is 244 g/mol. The van der Waals surface area contributed by atoms with Crippen LogP contribution in [0.1, 0.15) is 27.7 Å². The second kappa shape index (κ2) is 3.86. The van der Waals surface area contributed by atoms with Crippen molar-refractivity contribution in [3.63, 3.8) is 0 Å². The SMILES string of the molecule is O=C1NC(c2ccc(Cl)cc2)c2ncccc21. The van der Waals surface area contributed by atoms with Gasteiger partial charge in [-0.1, -0.05) is 23.7 Å². The molecule has 0 spiro atoms. The summed E-state index contributed by atoms with van der Waals surface area (Å²) in [6, 6.07) is 10.8. The van der Waals surface area contributed by atoms with Crippen molar-refractivity contribution in [3.05, 3.63) is 64.4 Å². The number of aromatic nitrogens is 1. The molecule has 0 aliphatic carbocycles. The van der Waals surface area contributed by atoms with Gasteiger partial charge in [0.1, 0.15) is 0 Å². The zero-order valence-electron chi connectivity index (χ0n) is 8.85. The van der Waals surface area contributed by atoms with Crippen molar-refractivity contribution in [1.82, 2.24) is 10.3 Å². The van der Waals surface area contributed by atoms with Gasteiger partial charge in [0.15, 0.2) is 0 Å². The third kappa shape index (κ3) is 1.68. The summed E-state index contributed by atoms with van der Waals surface area (Å²) in [5.41, 5.74) is 2.41. The van der Waals surface area contributed by atoms with E-state index >= 15 is 0 Å². The lowest BCUT2D eigenvalue weighted by Gasteiger charge is -2.10. The fourth-order valence-corrected chi connectivity index (χ4v) is 2.14. The summed E-state index contributed by atoms with van der Waals surface area (Å²) in [6.07, 6.45) is 1.70. The molecule has 3 nitrogen and oxygen atoms in total. The van der Waals surface area contributed by atoms with E-state index in [-0.39, 0.29) is 11.9 Å². The quantitative estimate of drug-likeness (QED) is 0.838. The number of fused-ring (bicyclic) bond motifs is 1. The molecule has 2 heterocycles.